The minimum absolute atomic E-state index is 0.205. The molecule has 1 heterocycles. The van der Waals surface area contributed by atoms with Gasteiger partial charge in [-0.25, -0.2) is 4.79 Å². The van der Waals surface area contributed by atoms with Crippen molar-refractivity contribution in [2.24, 2.45) is 5.73 Å². The molecule has 1 aliphatic rings. The van der Waals surface area contributed by atoms with Crippen molar-refractivity contribution < 1.29 is 19.2 Å². The Hall–Kier alpha value is -3.36. The van der Waals surface area contributed by atoms with Gasteiger partial charge < -0.3 is 27.0 Å². The summed E-state index contributed by atoms with van der Waals surface area (Å²) in [6.45, 7) is 8.29. The number of aryl methyl sites for hydroxylation is 1. The molecule has 1 aromatic rings. The van der Waals surface area contributed by atoms with Crippen LogP contribution in [0.5, 0.6) is 0 Å². The molecule has 0 spiro atoms. The zero-order chi connectivity index (χ0) is 26.2. The SMILES string of the molecule is CCC.Cc1ccc(C[C@H]2/C=C/C(=O)NCCCCC[C@H](NC(=O)[C@H](C)NC(N)=O)C(=O)N2)cc1. The summed E-state index contributed by atoms with van der Waals surface area (Å²) in [4.78, 5) is 48.6. The second-order valence-electron chi connectivity index (χ2n) is 8.80. The molecule has 5 amide bonds. The number of rotatable bonds is 5. The third kappa shape index (κ3) is 12.6. The van der Waals surface area contributed by atoms with Crippen LogP contribution in [0.25, 0.3) is 0 Å². The number of nitrogens with two attached hydrogens (primary N) is 1. The molecule has 9 nitrogen and oxygen atoms in total. The Kier molecular flexibility index (Phi) is 13.8. The van der Waals surface area contributed by atoms with E-state index in [0.717, 1.165) is 24.0 Å². The van der Waals surface area contributed by atoms with Crippen LogP contribution in [0.1, 0.15) is 64.0 Å². The molecule has 1 aromatic carbocycles. The number of primary amides is 1. The van der Waals surface area contributed by atoms with Gasteiger partial charge in [0.25, 0.3) is 0 Å². The number of hydrogen-bond donors (Lipinski definition) is 5. The van der Waals surface area contributed by atoms with Crippen LogP contribution in [0.3, 0.4) is 0 Å². The van der Waals surface area contributed by atoms with Gasteiger partial charge in [-0.05, 0) is 38.7 Å². The first-order valence-electron chi connectivity index (χ1n) is 12.3. The fraction of sp³-hybridized carbons (Fsp3) is 0.538. The van der Waals surface area contributed by atoms with Crippen molar-refractivity contribution in [3.8, 4) is 0 Å². The van der Waals surface area contributed by atoms with Gasteiger partial charge >= 0.3 is 6.03 Å². The molecule has 2 rings (SSSR count). The zero-order valence-corrected chi connectivity index (χ0v) is 21.4. The highest BCUT2D eigenvalue weighted by atomic mass is 16.2. The lowest BCUT2D eigenvalue weighted by atomic mass is 10.0. The Morgan fingerprint density at radius 3 is 2.40 bits per heavy atom. The van der Waals surface area contributed by atoms with Crippen LogP contribution < -0.4 is 27.0 Å². The minimum Gasteiger partial charge on any atom is -0.353 e. The second kappa shape index (κ2) is 16.3. The molecule has 0 unspecified atom stereocenters. The Bertz CT molecular complexity index is 854. The number of carbonyl (C=O) groups is 4. The predicted molar refractivity (Wildman–Crippen MR) is 138 cm³/mol. The molecule has 0 saturated carbocycles. The fourth-order valence-electron chi connectivity index (χ4n) is 3.40. The fourth-order valence-corrected chi connectivity index (χ4v) is 3.40. The van der Waals surface area contributed by atoms with Gasteiger partial charge in [0.15, 0.2) is 0 Å². The summed E-state index contributed by atoms with van der Waals surface area (Å²) < 4.78 is 0. The van der Waals surface area contributed by atoms with Crippen LogP contribution in [-0.2, 0) is 20.8 Å². The molecule has 0 saturated heterocycles. The highest BCUT2D eigenvalue weighted by molar-refractivity contribution is 5.92. The second-order valence-corrected chi connectivity index (χ2v) is 8.80. The van der Waals surface area contributed by atoms with Crippen LogP contribution in [0.15, 0.2) is 36.4 Å². The Morgan fingerprint density at radius 2 is 1.77 bits per heavy atom. The summed E-state index contributed by atoms with van der Waals surface area (Å²) in [5.41, 5.74) is 7.22. The van der Waals surface area contributed by atoms with E-state index in [2.05, 4.69) is 35.1 Å². The van der Waals surface area contributed by atoms with Crippen molar-refractivity contribution >= 4 is 23.8 Å². The van der Waals surface area contributed by atoms with Gasteiger partial charge in [0, 0.05) is 12.6 Å². The summed E-state index contributed by atoms with van der Waals surface area (Å²) in [6, 6.07) is 5.06. The summed E-state index contributed by atoms with van der Waals surface area (Å²) in [6.07, 6.45) is 7.55. The molecule has 6 N–H and O–H groups in total. The van der Waals surface area contributed by atoms with Gasteiger partial charge in [-0.15, -0.1) is 0 Å². The smallest absolute Gasteiger partial charge is 0.312 e. The average Bonchev–Trinajstić information content (AvgIpc) is 2.80. The van der Waals surface area contributed by atoms with Crippen molar-refractivity contribution in [3.63, 3.8) is 0 Å². The number of hydrogen-bond acceptors (Lipinski definition) is 4. The van der Waals surface area contributed by atoms with Crippen LogP contribution in [0.4, 0.5) is 4.79 Å². The van der Waals surface area contributed by atoms with Gasteiger partial charge in [-0.1, -0.05) is 69.0 Å². The van der Waals surface area contributed by atoms with E-state index >= 15 is 0 Å². The zero-order valence-electron chi connectivity index (χ0n) is 21.4. The number of carbonyl (C=O) groups excluding carboxylic acids is 4. The van der Waals surface area contributed by atoms with Crippen molar-refractivity contribution in [3.05, 3.63) is 47.5 Å². The third-order valence-electron chi connectivity index (χ3n) is 5.24. The maximum absolute atomic E-state index is 13.1. The summed E-state index contributed by atoms with van der Waals surface area (Å²) >= 11 is 0. The summed E-state index contributed by atoms with van der Waals surface area (Å²) in [5, 5.41) is 10.8. The molecule has 194 valence electrons. The Balaban J connectivity index is 0.00000194. The Labute approximate surface area is 208 Å². The largest absolute Gasteiger partial charge is 0.353 e. The predicted octanol–water partition coefficient (Wildman–Crippen LogP) is 2.23. The third-order valence-corrected chi connectivity index (χ3v) is 5.24. The Morgan fingerprint density at radius 1 is 1.11 bits per heavy atom. The van der Waals surface area contributed by atoms with Crippen molar-refractivity contribution in [2.75, 3.05) is 6.54 Å². The minimum atomic E-state index is -0.866. The van der Waals surface area contributed by atoms with Gasteiger partial charge in [-0.3, -0.25) is 14.4 Å². The van der Waals surface area contributed by atoms with E-state index in [0.29, 0.717) is 25.8 Å². The van der Waals surface area contributed by atoms with Crippen LogP contribution in [0.2, 0.25) is 0 Å². The maximum atomic E-state index is 13.1. The van der Waals surface area contributed by atoms with Gasteiger partial charge in [-0.2, -0.15) is 0 Å². The molecule has 3 atom stereocenters. The molecule has 35 heavy (non-hydrogen) atoms. The van der Waals surface area contributed by atoms with E-state index in [-0.39, 0.29) is 11.8 Å². The van der Waals surface area contributed by atoms with E-state index in [4.69, 9.17) is 5.73 Å². The highest BCUT2D eigenvalue weighted by Gasteiger charge is 2.25. The molecule has 9 heteroatoms. The summed E-state index contributed by atoms with van der Waals surface area (Å²) in [5.74, 6) is -1.04. The van der Waals surface area contributed by atoms with Gasteiger partial charge in [0.2, 0.25) is 17.7 Å². The van der Waals surface area contributed by atoms with Crippen LogP contribution in [-0.4, -0.2) is 48.4 Å². The molecule has 0 aromatic heterocycles. The number of amides is 5. The van der Waals surface area contributed by atoms with E-state index < -0.39 is 30.1 Å². The maximum Gasteiger partial charge on any atom is 0.312 e. The molecule has 0 bridgehead atoms. The molecular formula is C26H41N5O4. The van der Waals surface area contributed by atoms with Gasteiger partial charge in [0.1, 0.15) is 12.1 Å². The van der Waals surface area contributed by atoms with Crippen molar-refractivity contribution in [1.29, 1.82) is 0 Å². The molecular weight excluding hydrogens is 446 g/mol. The first kappa shape index (κ1) is 29.7. The number of benzene rings is 1. The standard InChI is InChI=1S/C23H33N5O4.C3H8/c1-15-7-9-17(10-8-15)14-18-11-12-20(29)25-13-5-3-4-6-19(22(31)27-18)28-21(30)16(2)26-23(24)32;1-3-2/h7-12,16,18-19H,3-6,13-14H2,1-2H3,(H,25,29)(H,27,31)(H,28,30)(H3,24,26,32);3H2,1-2H3/b12-11+;/t16-,18+,19-;/m0./s1. The molecule has 0 fully saturated rings. The van der Waals surface area contributed by atoms with E-state index in [1.54, 1.807) is 6.08 Å². The van der Waals surface area contributed by atoms with Crippen LogP contribution in [0, 0.1) is 6.92 Å². The normalized spacial score (nSPS) is 20.7. The van der Waals surface area contributed by atoms with E-state index in [9.17, 15) is 19.2 Å². The lowest BCUT2D eigenvalue weighted by Crippen LogP contribution is -2.54. The first-order valence-corrected chi connectivity index (χ1v) is 12.3. The average molecular weight is 488 g/mol. The number of urea groups is 1. The van der Waals surface area contributed by atoms with Crippen molar-refractivity contribution in [1.82, 2.24) is 21.3 Å². The lowest BCUT2D eigenvalue weighted by Gasteiger charge is -2.23. The molecule has 1 aliphatic heterocycles. The van der Waals surface area contributed by atoms with Crippen LogP contribution >= 0.6 is 0 Å². The van der Waals surface area contributed by atoms with Gasteiger partial charge in [0.05, 0.1) is 6.04 Å². The first-order chi connectivity index (χ1) is 16.7. The van der Waals surface area contributed by atoms with E-state index in [1.807, 2.05) is 31.2 Å². The highest BCUT2D eigenvalue weighted by Crippen LogP contribution is 2.10. The molecule has 0 radical (unpaired) electrons. The monoisotopic (exact) mass is 487 g/mol. The molecule has 0 aliphatic carbocycles. The topological polar surface area (TPSA) is 142 Å². The van der Waals surface area contributed by atoms with E-state index in [1.165, 1.54) is 19.4 Å². The van der Waals surface area contributed by atoms with Crippen molar-refractivity contribution in [2.45, 2.75) is 84.3 Å². The number of nitrogens with one attached hydrogen (secondary N) is 4. The lowest BCUT2D eigenvalue weighted by molar-refractivity contribution is -0.130. The summed E-state index contributed by atoms with van der Waals surface area (Å²) in [7, 11) is 0. The quantitative estimate of drug-likeness (QED) is 0.434.